The number of anilines is 1. The monoisotopic (exact) mass is 355 g/mol. The molecule has 0 spiro atoms. The van der Waals surface area contributed by atoms with Crippen molar-refractivity contribution >= 4 is 46.2 Å². The van der Waals surface area contributed by atoms with Gasteiger partial charge in [-0.1, -0.05) is 23.2 Å². The standard InChI is InChI=1S/C13H7Cl2N3O5/c14-9-5-7(1-3-11(9)17(20)21)13(19)16-8-2-4-12(18(22)23)10(15)6-8/h1-6H,(H,16,19). The van der Waals surface area contributed by atoms with E-state index in [-0.39, 0.29) is 32.7 Å². The summed E-state index contributed by atoms with van der Waals surface area (Å²) < 4.78 is 0. The second kappa shape index (κ2) is 6.59. The van der Waals surface area contributed by atoms with Crippen molar-refractivity contribution in [3.8, 4) is 0 Å². The van der Waals surface area contributed by atoms with Crippen LogP contribution in [0.15, 0.2) is 36.4 Å². The lowest BCUT2D eigenvalue weighted by Crippen LogP contribution is -2.12. The molecule has 2 aromatic carbocycles. The van der Waals surface area contributed by atoms with Gasteiger partial charge in [-0.05, 0) is 24.3 Å². The molecule has 0 saturated heterocycles. The van der Waals surface area contributed by atoms with Crippen LogP contribution in [-0.2, 0) is 0 Å². The van der Waals surface area contributed by atoms with E-state index >= 15 is 0 Å². The molecule has 0 fully saturated rings. The average Bonchev–Trinajstić information content (AvgIpc) is 2.46. The van der Waals surface area contributed by atoms with Gasteiger partial charge in [0.1, 0.15) is 10.0 Å². The molecule has 0 aliphatic carbocycles. The molecule has 0 atom stereocenters. The third kappa shape index (κ3) is 3.74. The molecule has 0 aromatic heterocycles. The minimum Gasteiger partial charge on any atom is -0.322 e. The van der Waals surface area contributed by atoms with Crippen molar-refractivity contribution in [3.05, 3.63) is 72.2 Å². The van der Waals surface area contributed by atoms with Crippen molar-refractivity contribution in [1.82, 2.24) is 0 Å². The Morgan fingerprint density at radius 2 is 1.43 bits per heavy atom. The molecule has 0 saturated carbocycles. The van der Waals surface area contributed by atoms with Crippen LogP contribution in [-0.4, -0.2) is 15.8 Å². The number of benzene rings is 2. The van der Waals surface area contributed by atoms with Crippen molar-refractivity contribution in [2.24, 2.45) is 0 Å². The van der Waals surface area contributed by atoms with Crippen molar-refractivity contribution in [2.45, 2.75) is 0 Å². The summed E-state index contributed by atoms with van der Waals surface area (Å²) in [7, 11) is 0. The normalized spacial score (nSPS) is 10.2. The first kappa shape index (κ1) is 16.7. The fraction of sp³-hybridized carbons (Fsp3) is 0. The molecule has 0 aliphatic heterocycles. The van der Waals surface area contributed by atoms with Gasteiger partial charge in [0.15, 0.2) is 0 Å². The number of carbonyl (C=O) groups is 1. The molecule has 8 nitrogen and oxygen atoms in total. The number of hydrogen-bond donors (Lipinski definition) is 1. The smallest absolute Gasteiger partial charge is 0.288 e. The molecule has 2 rings (SSSR count). The molecule has 2 aromatic rings. The van der Waals surface area contributed by atoms with E-state index < -0.39 is 15.8 Å². The summed E-state index contributed by atoms with van der Waals surface area (Å²) in [6.45, 7) is 0. The molecule has 10 heteroatoms. The van der Waals surface area contributed by atoms with Gasteiger partial charge >= 0.3 is 0 Å². The minimum atomic E-state index is -0.667. The second-order valence-corrected chi connectivity index (χ2v) is 5.12. The highest BCUT2D eigenvalue weighted by Crippen LogP contribution is 2.28. The molecular formula is C13H7Cl2N3O5. The summed E-state index contributed by atoms with van der Waals surface area (Å²) in [5.74, 6) is -0.591. The lowest BCUT2D eigenvalue weighted by atomic mass is 10.2. The number of nitro groups is 2. The SMILES string of the molecule is O=C(Nc1ccc([N+](=O)[O-])c(Cl)c1)c1ccc([N+](=O)[O-])c(Cl)c1. The van der Waals surface area contributed by atoms with Gasteiger partial charge in [0.2, 0.25) is 0 Å². The molecule has 0 bridgehead atoms. The van der Waals surface area contributed by atoms with Gasteiger partial charge in [0.05, 0.1) is 9.85 Å². The predicted octanol–water partition coefficient (Wildman–Crippen LogP) is 4.06. The van der Waals surface area contributed by atoms with Gasteiger partial charge in [-0.15, -0.1) is 0 Å². The fourth-order valence-electron chi connectivity index (χ4n) is 1.73. The lowest BCUT2D eigenvalue weighted by molar-refractivity contribution is -0.384. The van der Waals surface area contributed by atoms with Crippen molar-refractivity contribution in [1.29, 1.82) is 0 Å². The minimum absolute atomic E-state index is 0.0927. The Bertz CT molecular complexity index is 825. The van der Waals surface area contributed by atoms with Crippen LogP contribution < -0.4 is 5.32 Å². The number of carbonyl (C=O) groups excluding carboxylic acids is 1. The summed E-state index contributed by atoms with van der Waals surface area (Å²) in [6, 6.07) is 7.20. The molecule has 1 amide bonds. The first-order valence-electron chi connectivity index (χ1n) is 5.99. The quantitative estimate of drug-likeness (QED) is 0.655. The number of amides is 1. The maximum atomic E-state index is 12.1. The van der Waals surface area contributed by atoms with Crippen LogP contribution in [0.1, 0.15) is 10.4 Å². The highest BCUT2D eigenvalue weighted by molar-refractivity contribution is 6.33. The van der Waals surface area contributed by atoms with Gasteiger partial charge in [0, 0.05) is 23.4 Å². The Morgan fingerprint density at radius 1 is 0.913 bits per heavy atom. The van der Waals surface area contributed by atoms with Crippen molar-refractivity contribution in [3.63, 3.8) is 0 Å². The Morgan fingerprint density at radius 3 is 1.91 bits per heavy atom. The van der Waals surface area contributed by atoms with Crippen LogP contribution in [0.25, 0.3) is 0 Å². The maximum Gasteiger partial charge on any atom is 0.288 e. The summed E-state index contributed by atoms with van der Waals surface area (Å²) in [6.07, 6.45) is 0. The van der Waals surface area contributed by atoms with Gasteiger partial charge in [0.25, 0.3) is 17.3 Å². The van der Waals surface area contributed by atoms with E-state index in [1.165, 1.54) is 18.2 Å². The number of hydrogen-bond acceptors (Lipinski definition) is 5. The van der Waals surface area contributed by atoms with Gasteiger partial charge < -0.3 is 5.32 Å². The van der Waals surface area contributed by atoms with Gasteiger partial charge in [-0.3, -0.25) is 25.0 Å². The zero-order chi connectivity index (χ0) is 17.1. The van der Waals surface area contributed by atoms with E-state index in [9.17, 15) is 25.0 Å². The van der Waals surface area contributed by atoms with E-state index in [4.69, 9.17) is 23.2 Å². The molecule has 23 heavy (non-hydrogen) atoms. The highest BCUT2D eigenvalue weighted by atomic mass is 35.5. The van der Waals surface area contributed by atoms with E-state index in [0.717, 1.165) is 18.2 Å². The second-order valence-electron chi connectivity index (χ2n) is 4.30. The number of nitro benzene ring substituents is 2. The summed E-state index contributed by atoms with van der Waals surface area (Å²) in [5, 5.41) is 23.5. The summed E-state index contributed by atoms with van der Waals surface area (Å²) in [4.78, 5) is 32.1. The highest BCUT2D eigenvalue weighted by Gasteiger charge is 2.17. The fourth-order valence-corrected chi connectivity index (χ4v) is 2.23. The lowest BCUT2D eigenvalue weighted by Gasteiger charge is -2.06. The van der Waals surface area contributed by atoms with Gasteiger partial charge in [-0.2, -0.15) is 0 Å². The number of nitrogens with zero attached hydrogens (tertiary/aromatic N) is 2. The van der Waals surface area contributed by atoms with Crippen LogP contribution in [0, 0.1) is 20.2 Å². The van der Waals surface area contributed by atoms with E-state index in [2.05, 4.69) is 5.32 Å². The molecule has 118 valence electrons. The first-order valence-corrected chi connectivity index (χ1v) is 6.74. The Balaban J connectivity index is 2.22. The van der Waals surface area contributed by atoms with E-state index in [0.29, 0.717) is 0 Å². The van der Waals surface area contributed by atoms with Crippen LogP contribution in [0.2, 0.25) is 10.0 Å². The third-order valence-corrected chi connectivity index (χ3v) is 3.41. The number of halogens is 2. The van der Waals surface area contributed by atoms with Crippen molar-refractivity contribution in [2.75, 3.05) is 5.32 Å². The average molecular weight is 356 g/mol. The van der Waals surface area contributed by atoms with Gasteiger partial charge in [-0.25, -0.2) is 0 Å². The molecular weight excluding hydrogens is 349 g/mol. The van der Waals surface area contributed by atoms with E-state index in [1.807, 2.05) is 0 Å². The topological polar surface area (TPSA) is 115 Å². The summed E-state index contributed by atoms with van der Waals surface area (Å²) >= 11 is 11.5. The third-order valence-electron chi connectivity index (χ3n) is 2.81. The van der Waals surface area contributed by atoms with Crippen LogP contribution in [0.4, 0.5) is 17.1 Å². The zero-order valence-electron chi connectivity index (χ0n) is 11.2. The molecule has 0 aliphatic rings. The van der Waals surface area contributed by atoms with Crippen LogP contribution in [0.3, 0.4) is 0 Å². The van der Waals surface area contributed by atoms with E-state index in [1.54, 1.807) is 0 Å². The molecule has 0 unspecified atom stereocenters. The van der Waals surface area contributed by atoms with Crippen LogP contribution in [0.5, 0.6) is 0 Å². The van der Waals surface area contributed by atoms with Crippen molar-refractivity contribution < 1.29 is 14.6 Å². The first-order chi connectivity index (χ1) is 10.8. The number of rotatable bonds is 4. The largest absolute Gasteiger partial charge is 0.322 e. The predicted molar refractivity (Wildman–Crippen MR) is 84.2 cm³/mol. The maximum absolute atomic E-state index is 12.1. The number of nitrogens with one attached hydrogen (secondary N) is 1. The molecule has 0 heterocycles. The molecule has 1 N–H and O–H groups in total. The zero-order valence-corrected chi connectivity index (χ0v) is 12.7. The Hall–Kier alpha value is -2.71. The Kier molecular flexibility index (Phi) is 4.77. The summed E-state index contributed by atoms with van der Waals surface area (Å²) in [5.41, 5.74) is -0.278. The Labute approximate surface area is 138 Å². The molecule has 0 radical (unpaired) electrons. The van der Waals surface area contributed by atoms with Crippen LogP contribution >= 0.6 is 23.2 Å².